The van der Waals surface area contributed by atoms with E-state index in [2.05, 4.69) is 119 Å². The number of aromatic hydroxyl groups is 2. The topological polar surface area (TPSA) is 46.9 Å². The maximum absolute atomic E-state index is 11.2. The third-order valence-corrected chi connectivity index (χ3v) is 9.46. The molecule has 0 spiro atoms. The molecular weight excluding hydrogens is 492 g/mol. The maximum Gasteiger partial charge on any atom is 0.122 e. The molecule has 2 N–H and O–H groups in total. The van der Waals surface area contributed by atoms with E-state index in [4.69, 9.17) is 0 Å². The largest absolute Gasteiger partial charge is 0.507 e. The minimum absolute atomic E-state index is 0.0945. The first-order valence-corrected chi connectivity index (χ1v) is 15.4. The third kappa shape index (κ3) is 6.54. The van der Waals surface area contributed by atoms with E-state index in [0.29, 0.717) is 35.4 Å². The maximum atomic E-state index is 11.2. The van der Waals surface area contributed by atoms with Gasteiger partial charge in [-0.1, -0.05) is 81.4 Å². The Labute approximate surface area is 245 Å². The molecule has 4 nitrogen and oxygen atoms in total. The van der Waals surface area contributed by atoms with Crippen molar-refractivity contribution in [3.8, 4) is 11.5 Å². The number of hydrogen-bond acceptors (Lipinski definition) is 4. The van der Waals surface area contributed by atoms with E-state index in [9.17, 15) is 10.2 Å². The summed E-state index contributed by atoms with van der Waals surface area (Å²) in [5.74, 6) is 1.91. The number of benzene rings is 2. The van der Waals surface area contributed by atoms with Gasteiger partial charge in [0, 0.05) is 38.3 Å². The van der Waals surface area contributed by atoms with Gasteiger partial charge in [0.05, 0.1) is 0 Å². The molecular formula is C36H58N2O2. The zero-order valence-electron chi connectivity index (χ0n) is 28.1. The van der Waals surface area contributed by atoms with Crippen LogP contribution in [0.25, 0.3) is 0 Å². The summed E-state index contributed by atoms with van der Waals surface area (Å²) in [5, 5.41) is 22.4. The molecule has 2 aromatic rings. The van der Waals surface area contributed by atoms with Gasteiger partial charge in [-0.2, -0.15) is 0 Å². The number of rotatable bonds is 6. The monoisotopic (exact) mass is 550 g/mol. The second kappa shape index (κ2) is 11.7. The Morgan fingerprint density at radius 2 is 0.950 bits per heavy atom. The molecule has 0 bridgehead atoms. The smallest absolute Gasteiger partial charge is 0.122 e. The Morgan fingerprint density at radius 1 is 0.650 bits per heavy atom. The Kier molecular flexibility index (Phi) is 9.48. The minimum Gasteiger partial charge on any atom is -0.507 e. The first-order valence-electron chi connectivity index (χ1n) is 15.4. The van der Waals surface area contributed by atoms with E-state index >= 15 is 0 Å². The molecule has 1 aliphatic heterocycles. The average molecular weight is 551 g/mol. The first kappa shape index (κ1) is 32.5. The first-order chi connectivity index (χ1) is 18.2. The van der Waals surface area contributed by atoms with E-state index in [-0.39, 0.29) is 10.8 Å². The average Bonchev–Trinajstić information content (AvgIpc) is 2.82. The lowest BCUT2D eigenvalue weighted by atomic mass is 9.82. The summed E-state index contributed by atoms with van der Waals surface area (Å²) in [6.07, 6.45) is 0. The number of phenolic OH excluding ortho intramolecular Hbond substituents is 2. The highest BCUT2D eigenvalue weighted by atomic mass is 16.3. The zero-order chi connectivity index (χ0) is 30.5. The summed E-state index contributed by atoms with van der Waals surface area (Å²) < 4.78 is 0. The van der Waals surface area contributed by atoms with E-state index in [1.807, 2.05) is 0 Å². The van der Waals surface area contributed by atoms with Crippen molar-refractivity contribution in [2.45, 2.75) is 133 Å². The lowest BCUT2D eigenvalue weighted by molar-refractivity contribution is -0.0168. The molecule has 0 aliphatic carbocycles. The van der Waals surface area contributed by atoms with Crippen molar-refractivity contribution in [3.05, 3.63) is 56.6 Å². The summed E-state index contributed by atoms with van der Waals surface area (Å²) in [5.41, 5.74) is 8.99. The quantitative estimate of drug-likeness (QED) is 0.380. The second-order valence-electron chi connectivity index (χ2n) is 15.4. The van der Waals surface area contributed by atoms with Crippen molar-refractivity contribution < 1.29 is 10.2 Å². The van der Waals surface area contributed by atoms with Gasteiger partial charge >= 0.3 is 0 Å². The van der Waals surface area contributed by atoms with Crippen molar-refractivity contribution in [2.75, 3.05) is 13.1 Å². The molecule has 1 saturated heterocycles. The van der Waals surface area contributed by atoms with E-state index < -0.39 is 0 Å². The summed E-state index contributed by atoms with van der Waals surface area (Å²) in [6, 6.07) is 5.22. The highest BCUT2D eigenvalue weighted by Gasteiger charge is 2.38. The Balaban J connectivity index is 1.98. The van der Waals surface area contributed by atoms with Crippen molar-refractivity contribution in [2.24, 2.45) is 11.8 Å². The van der Waals surface area contributed by atoms with Gasteiger partial charge in [0.2, 0.25) is 0 Å². The van der Waals surface area contributed by atoms with Gasteiger partial charge in [0.1, 0.15) is 11.5 Å². The number of phenols is 2. The molecule has 1 heterocycles. The van der Waals surface area contributed by atoms with E-state index in [1.54, 1.807) is 0 Å². The van der Waals surface area contributed by atoms with Crippen LogP contribution < -0.4 is 0 Å². The number of hydrogen-bond donors (Lipinski definition) is 2. The van der Waals surface area contributed by atoms with Gasteiger partial charge < -0.3 is 10.2 Å². The molecule has 0 saturated carbocycles. The highest BCUT2D eigenvalue weighted by Crippen LogP contribution is 2.40. The Morgan fingerprint density at radius 3 is 1.20 bits per heavy atom. The molecule has 1 fully saturated rings. The van der Waals surface area contributed by atoms with Crippen LogP contribution in [0.15, 0.2) is 12.1 Å². The highest BCUT2D eigenvalue weighted by molar-refractivity contribution is 5.52. The molecule has 3 rings (SSSR count). The molecule has 2 aromatic carbocycles. The molecule has 2 atom stereocenters. The SMILES string of the molecule is Cc1cc(C(C)(C)C)c(O)c(C)c1CN1CC(C(C)C)N(Cc2c(C)cc(C(C)(C)C)c(O)c2C)CC1C(C)C. The van der Waals surface area contributed by atoms with Crippen molar-refractivity contribution in [1.29, 1.82) is 0 Å². The van der Waals surface area contributed by atoms with Crippen LogP contribution in [0.5, 0.6) is 11.5 Å². The fourth-order valence-electron chi connectivity index (χ4n) is 6.67. The van der Waals surface area contributed by atoms with E-state index in [1.165, 1.54) is 22.3 Å². The molecule has 2 unspecified atom stereocenters. The third-order valence-electron chi connectivity index (χ3n) is 9.46. The summed E-state index contributed by atoms with van der Waals surface area (Å²) in [7, 11) is 0. The number of aryl methyl sites for hydroxylation is 2. The second-order valence-corrected chi connectivity index (χ2v) is 15.4. The van der Waals surface area contributed by atoms with Crippen molar-refractivity contribution in [1.82, 2.24) is 9.80 Å². The van der Waals surface area contributed by atoms with Crippen LogP contribution >= 0.6 is 0 Å². The molecule has 4 heteroatoms. The molecule has 0 amide bonds. The lowest BCUT2D eigenvalue weighted by Gasteiger charge is -2.50. The van der Waals surface area contributed by atoms with Crippen LogP contribution in [0.1, 0.15) is 114 Å². The Hall–Kier alpha value is -2.04. The normalized spacial score (nSPS) is 19.7. The number of piperazine rings is 1. The van der Waals surface area contributed by atoms with Gasteiger partial charge in [-0.3, -0.25) is 9.80 Å². The van der Waals surface area contributed by atoms with Gasteiger partial charge in [-0.05, 0) is 94.9 Å². The van der Waals surface area contributed by atoms with Crippen molar-refractivity contribution in [3.63, 3.8) is 0 Å². The molecule has 40 heavy (non-hydrogen) atoms. The van der Waals surface area contributed by atoms with Crippen LogP contribution in [-0.4, -0.2) is 45.2 Å². The number of nitrogens with zero attached hydrogens (tertiary/aromatic N) is 2. The summed E-state index contributed by atoms with van der Waals surface area (Å²) in [4.78, 5) is 5.36. The van der Waals surface area contributed by atoms with E-state index in [0.717, 1.165) is 48.4 Å². The fraction of sp³-hybridized carbons (Fsp3) is 0.667. The van der Waals surface area contributed by atoms with Crippen molar-refractivity contribution >= 4 is 0 Å². The van der Waals surface area contributed by atoms with Gasteiger partial charge in [0.15, 0.2) is 0 Å². The van der Waals surface area contributed by atoms with Crippen LogP contribution in [0.3, 0.4) is 0 Å². The molecule has 224 valence electrons. The summed E-state index contributed by atoms with van der Waals surface area (Å²) in [6.45, 7) is 34.7. The standard InChI is InChI=1S/C36H58N2O2/c1-21(2)31-19-38(18-28-24(6)16-30(36(12,13)14)34(40)26(28)8)32(22(3)4)20-37(31)17-27-23(5)15-29(35(9,10)11)33(39)25(27)7/h15-16,21-22,31-32,39-40H,17-20H2,1-14H3. The van der Waals surface area contributed by atoms with Crippen LogP contribution in [0.2, 0.25) is 0 Å². The fourth-order valence-corrected chi connectivity index (χ4v) is 6.67. The molecule has 0 radical (unpaired) electrons. The van der Waals surface area contributed by atoms with Gasteiger partial charge in [-0.15, -0.1) is 0 Å². The minimum atomic E-state index is -0.0945. The molecule has 0 aromatic heterocycles. The van der Waals surface area contributed by atoms with Crippen LogP contribution in [-0.2, 0) is 23.9 Å². The predicted molar refractivity (Wildman–Crippen MR) is 171 cm³/mol. The summed E-state index contributed by atoms with van der Waals surface area (Å²) >= 11 is 0. The molecule has 1 aliphatic rings. The predicted octanol–water partition coefficient (Wildman–Crippen LogP) is 8.29. The van der Waals surface area contributed by atoms with Crippen LogP contribution in [0.4, 0.5) is 0 Å². The Bertz CT molecular complexity index is 1120. The zero-order valence-corrected chi connectivity index (χ0v) is 28.1. The van der Waals surface area contributed by atoms with Gasteiger partial charge in [-0.25, -0.2) is 0 Å². The van der Waals surface area contributed by atoms with Gasteiger partial charge in [0.25, 0.3) is 0 Å². The van der Waals surface area contributed by atoms with Crippen LogP contribution in [0, 0.1) is 39.5 Å². The lowest BCUT2D eigenvalue weighted by Crippen LogP contribution is -2.60.